The number of aliphatic hydroxyl groups is 2. The molecular formula is C33H54N4O3. The standard InChI is InChI=1S/C33H54N4O3/c1-4-6-7-8-9-10-11-12-16-25(38)23-35(3)34-30(39)33(40)24-32(5-2)20-15-21-36-22-19-28-26-17-13-14-18-27(26)29(33)37(28)31(32)36/h13-14,17-18,25,28-29,31,38,40H,4-12,15-16,19-24H2,1-3H3,(H,34,39). The molecule has 7 nitrogen and oxygen atoms in total. The van der Waals surface area contributed by atoms with E-state index in [1.165, 1.54) is 44.1 Å². The molecule has 0 aliphatic carbocycles. The number of hydrogen-bond acceptors (Lipinski definition) is 6. The van der Waals surface area contributed by atoms with E-state index >= 15 is 0 Å². The summed E-state index contributed by atoms with van der Waals surface area (Å²) in [5.74, 6) is -0.330. The monoisotopic (exact) mass is 554 g/mol. The van der Waals surface area contributed by atoms with Gasteiger partial charge in [0.15, 0.2) is 5.60 Å². The molecule has 0 aromatic heterocycles. The number of nitrogens with zero attached hydrogens (tertiary/aromatic N) is 3. The highest BCUT2D eigenvalue weighted by Crippen LogP contribution is 2.63. The quantitative estimate of drug-likeness (QED) is 0.214. The molecule has 0 bridgehead atoms. The smallest absolute Gasteiger partial charge is 0.268 e. The molecular weight excluding hydrogens is 500 g/mol. The molecule has 1 amide bonds. The van der Waals surface area contributed by atoms with Crippen LogP contribution in [0, 0.1) is 5.41 Å². The summed E-state index contributed by atoms with van der Waals surface area (Å²) >= 11 is 0. The minimum absolute atomic E-state index is 0.115. The summed E-state index contributed by atoms with van der Waals surface area (Å²) in [5, 5.41) is 24.9. The second-order valence-electron chi connectivity index (χ2n) is 13.4. The van der Waals surface area contributed by atoms with Crippen molar-refractivity contribution in [2.24, 2.45) is 5.41 Å². The number of carbonyl (C=O) groups is 1. The highest BCUT2D eigenvalue weighted by atomic mass is 16.3. The van der Waals surface area contributed by atoms with Crippen LogP contribution in [-0.4, -0.2) is 75.5 Å². The molecule has 4 aliphatic heterocycles. The Bertz CT molecular complexity index is 1010. The SMILES string of the molecule is CCCCCCCCCCC(O)CN(C)NC(=O)C1(O)CC2(CC)CCCN3CCC4c5ccccc5C1N4C32. The average Bonchev–Trinajstić information content (AvgIpc) is 3.29. The number of rotatable bonds is 14. The molecule has 1 aromatic rings. The Kier molecular flexibility index (Phi) is 9.58. The van der Waals surface area contributed by atoms with E-state index in [0.717, 1.165) is 63.6 Å². The van der Waals surface area contributed by atoms with E-state index in [1.54, 1.807) is 5.01 Å². The van der Waals surface area contributed by atoms with Gasteiger partial charge in [-0.2, -0.15) is 0 Å². The Labute approximate surface area is 242 Å². The predicted octanol–water partition coefficient (Wildman–Crippen LogP) is 5.30. The molecule has 40 heavy (non-hydrogen) atoms. The van der Waals surface area contributed by atoms with Crippen LogP contribution >= 0.6 is 0 Å². The van der Waals surface area contributed by atoms with Crippen LogP contribution in [0.15, 0.2) is 24.3 Å². The summed E-state index contributed by atoms with van der Waals surface area (Å²) in [4.78, 5) is 19.2. The van der Waals surface area contributed by atoms with Crippen LogP contribution in [0.4, 0.5) is 0 Å². The van der Waals surface area contributed by atoms with Gasteiger partial charge in [0.05, 0.1) is 18.3 Å². The summed E-state index contributed by atoms with van der Waals surface area (Å²) in [5.41, 5.74) is 3.76. The van der Waals surface area contributed by atoms with E-state index in [4.69, 9.17) is 0 Å². The molecule has 3 fully saturated rings. The molecule has 6 atom stereocenters. The van der Waals surface area contributed by atoms with Gasteiger partial charge in [0.1, 0.15) is 0 Å². The number of amides is 1. The van der Waals surface area contributed by atoms with Gasteiger partial charge in [-0.15, -0.1) is 0 Å². The largest absolute Gasteiger partial charge is 0.392 e. The predicted molar refractivity (Wildman–Crippen MR) is 159 cm³/mol. The van der Waals surface area contributed by atoms with Crippen molar-refractivity contribution < 1.29 is 15.0 Å². The number of piperidine rings is 2. The van der Waals surface area contributed by atoms with Crippen LogP contribution in [0.3, 0.4) is 0 Å². The molecule has 1 aromatic carbocycles. The van der Waals surface area contributed by atoms with Crippen molar-refractivity contribution in [3.8, 4) is 0 Å². The van der Waals surface area contributed by atoms with Gasteiger partial charge in [-0.3, -0.25) is 20.0 Å². The van der Waals surface area contributed by atoms with Crippen LogP contribution in [0.2, 0.25) is 0 Å². The van der Waals surface area contributed by atoms with E-state index in [-0.39, 0.29) is 29.6 Å². The van der Waals surface area contributed by atoms with Crippen LogP contribution in [0.5, 0.6) is 0 Å². The summed E-state index contributed by atoms with van der Waals surface area (Å²) in [6.07, 6.45) is 15.0. The lowest BCUT2D eigenvalue weighted by atomic mass is 9.61. The first-order valence-electron chi connectivity index (χ1n) is 16.4. The Hall–Kier alpha value is -1.51. The van der Waals surface area contributed by atoms with Gasteiger partial charge < -0.3 is 10.2 Å². The first-order chi connectivity index (χ1) is 19.3. The number of aliphatic hydroxyl groups excluding tert-OH is 1. The lowest BCUT2D eigenvalue weighted by Gasteiger charge is -2.65. The highest BCUT2D eigenvalue weighted by molar-refractivity contribution is 5.86. The minimum atomic E-state index is -1.53. The first kappa shape index (κ1) is 30.0. The summed E-state index contributed by atoms with van der Waals surface area (Å²) in [6.45, 7) is 7.03. The molecule has 3 saturated heterocycles. The zero-order chi connectivity index (χ0) is 28.3. The Morgan fingerprint density at radius 1 is 1.07 bits per heavy atom. The fourth-order valence-electron chi connectivity index (χ4n) is 8.72. The molecule has 6 unspecified atom stereocenters. The summed E-state index contributed by atoms with van der Waals surface area (Å²) in [7, 11) is 1.81. The Balaban J connectivity index is 1.25. The van der Waals surface area contributed by atoms with Crippen LogP contribution in [-0.2, 0) is 4.79 Å². The molecule has 7 heteroatoms. The maximum atomic E-state index is 14.1. The lowest BCUT2D eigenvalue weighted by Crippen LogP contribution is -2.73. The Morgan fingerprint density at radius 2 is 1.77 bits per heavy atom. The average molecular weight is 555 g/mol. The zero-order valence-corrected chi connectivity index (χ0v) is 25.3. The van der Waals surface area contributed by atoms with Crippen LogP contribution in [0.1, 0.15) is 127 Å². The van der Waals surface area contributed by atoms with Crippen molar-refractivity contribution in [2.75, 3.05) is 26.7 Å². The zero-order valence-electron chi connectivity index (χ0n) is 25.3. The molecule has 4 heterocycles. The highest BCUT2D eigenvalue weighted by Gasteiger charge is 2.67. The summed E-state index contributed by atoms with van der Waals surface area (Å²) < 4.78 is 0. The van der Waals surface area contributed by atoms with E-state index < -0.39 is 11.7 Å². The van der Waals surface area contributed by atoms with Crippen molar-refractivity contribution in [1.29, 1.82) is 0 Å². The third-order valence-electron chi connectivity index (χ3n) is 10.6. The van der Waals surface area contributed by atoms with E-state index in [0.29, 0.717) is 13.0 Å². The van der Waals surface area contributed by atoms with Gasteiger partial charge in [0, 0.05) is 31.6 Å². The van der Waals surface area contributed by atoms with Gasteiger partial charge in [0.2, 0.25) is 0 Å². The molecule has 0 saturated carbocycles. The fourth-order valence-corrected chi connectivity index (χ4v) is 8.72. The van der Waals surface area contributed by atoms with Gasteiger partial charge in [-0.25, -0.2) is 5.01 Å². The van der Waals surface area contributed by atoms with E-state index in [2.05, 4.69) is 47.3 Å². The third kappa shape index (κ3) is 5.61. The maximum Gasteiger partial charge on any atom is 0.268 e. The first-order valence-corrected chi connectivity index (χ1v) is 16.4. The molecule has 5 rings (SSSR count). The number of benzene rings is 1. The van der Waals surface area contributed by atoms with Gasteiger partial charge in [-0.05, 0) is 56.2 Å². The second-order valence-corrected chi connectivity index (χ2v) is 13.4. The number of fused-ring (bicyclic) bond motifs is 3. The van der Waals surface area contributed by atoms with Crippen LogP contribution < -0.4 is 5.43 Å². The number of hydrazine groups is 1. The van der Waals surface area contributed by atoms with Crippen molar-refractivity contribution in [3.63, 3.8) is 0 Å². The topological polar surface area (TPSA) is 79.3 Å². The molecule has 0 radical (unpaired) electrons. The number of hydrogen-bond donors (Lipinski definition) is 3. The van der Waals surface area contributed by atoms with Crippen molar-refractivity contribution >= 4 is 5.91 Å². The second kappa shape index (κ2) is 12.8. The normalized spacial score (nSPS) is 32.1. The number of unbranched alkanes of at least 4 members (excludes halogenated alkanes) is 7. The molecule has 224 valence electrons. The molecule has 4 aliphatic rings. The fraction of sp³-hybridized carbons (Fsp3) is 0.788. The number of likely N-dealkylation sites (N-methyl/N-ethyl adjacent to an activating group) is 1. The van der Waals surface area contributed by atoms with Crippen molar-refractivity contribution in [1.82, 2.24) is 20.2 Å². The number of nitrogens with one attached hydrogen (secondary N) is 1. The lowest BCUT2D eigenvalue weighted by molar-refractivity contribution is -0.235. The minimum Gasteiger partial charge on any atom is -0.392 e. The maximum absolute atomic E-state index is 14.1. The molecule has 0 spiro atoms. The van der Waals surface area contributed by atoms with Crippen molar-refractivity contribution in [3.05, 3.63) is 35.4 Å². The van der Waals surface area contributed by atoms with Gasteiger partial charge in [0.25, 0.3) is 5.91 Å². The Morgan fingerprint density at radius 3 is 2.50 bits per heavy atom. The third-order valence-corrected chi connectivity index (χ3v) is 10.6. The van der Waals surface area contributed by atoms with E-state index in [1.807, 2.05) is 13.1 Å². The van der Waals surface area contributed by atoms with Gasteiger partial charge >= 0.3 is 0 Å². The summed E-state index contributed by atoms with van der Waals surface area (Å²) in [6, 6.07) is 8.37. The number of carbonyl (C=O) groups excluding carboxylic acids is 1. The van der Waals surface area contributed by atoms with Crippen LogP contribution in [0.25, 0.3) is 0 Å². The van der Waals surface area contributed by atoms with E-state index in [9.17, 15) is 15.0 Å². The van der Waals surface area contributed by atoms with Gasteiger partial charge in [-0.1, -0.05) is 89.5 Å². The van der Waals surface area contributed by atoms with Crippen molar-refractivity contribution in [2.45, 2.75) is 134 Å². The molecule has 3 N–H and O–H groups in total.